The Morgan fingerprint density at radius 3 is 2.69 bits per heavy atom. The largest absolute Gasteiger partial charge is 0.377 e. The zero-order valence-corrected chi connectivity index (χ0v) is 19.9. The van der Waals surface area contributed by atoms with Crippen molar-refractivity contribution in [2.24, 2.45) is 0 Å². The summed E-state index contributed by atoms with van der Waals surface area (Å²) < 4.78 is 36.8. The molecular weight excluding hydrogens is 468 g/mol. The minimum absolute atomic E-state index is 0.00730. The molecule has 11 heteroatoms. The van der Waals surface area contributed by atoms with Crippen molar-refractivity contribution < 1.29 is 18.3 Å². The molecule has 3 aromatic rings. The maximum atomic E-state index is 15.6. The molecule has 9 nitrogen and oxygen atoms in total. The van der Waals surface area contributed by atoms with Crippen molar-refractivity contribution in [2.45, 2.75) is 32.2 Å². The van der Waals surface area contributed by atoms with Gasteiger partial charge in [0.2, 0.25) is 5.91 Å². The highest BCUT2D eigenvalue weighted by Gasteiger charge is 2.27. The first-order valence-electron chi connectivity index (χ1n) is 11.9. The van der Waals surface area contributed by atoms with Crippen LogP contribution in [-0.2, 0) is 9.53 Å². The van der Waals surface area contributed by atoms with Gasteiger partial charge in [0.1, 0.15) is 29.1 Å². The molecule has 0 radical (unpaired) electrons. The third-order valence-electron chi connectivity index (χ3n) is 6.54. The van der Waals surface area contributed by atoms with Gasteiger partial charge in [-0.1, -0.05) is 0 Å². The van der Waals surface area contributed by atoms with Crippen LogP contribution < -0.4 is 15.1 Å². The maximum Gasteiger partial charge on any atom is 0.226 e. The van der Waals surface area contributed by atoms with E-state index in [1.54, 1.807) is 18.3 Å². The molecular formula is C25H27F2N7O2. The van der Waals surface area contributed by atoms with E-state index < -0.39 is 11.6 Å². The molecule has 36 heavy (non-hydrogen) atoms. The van der Waals surface area contributed by atoms with Crippen LogP contribution in [0.5, 0.6) is 0 Å². The summed E-state index contributed by atoms with van der Waals surface area (Å²) in [6.07, 6.45) is 4.49. The summed E-state index contributed by atoms with van der Waals surface area (Å²) in [6.45, 7) is 3.96. The van der Waals surface area contributed by atoms with Crippen LogP contribution in [0.15, 0.2) is 30.5 Å². The van der Waals surface area contributed by atoms with E-state index >= 15 is 8.78 Å². The molecule has 0 aliphatic carbocycles. The fraction of sp³-hybridized carbons (Fsp3) is 0.360. The molecule has 1 atom stereocenters. The number of nitrogens with zero attached hydrogens (tertiary/aromatic N) is 4. The Morgan fingerprint density at radius 2 is 2.03 bits per heavy atom. The number of anilines is 4. The molecule has 3 N–H and O–H groups in total. The van der Waals surface area contributed by atoms with Gasteiger partial charge in [0.25, 0.3) is 0 Å². The average Bonchev–Trinajstić information content (AvgIpc) is 3.37. The van der Waals surface area contributed by atoms with Gasteiger partial charge in [-0.15, -0.1) is 0 Å². The summed E-state index contributed by atoms with van der Waals surface area (Å²) in [5.74, 6) is -0.496. The molecule has 0 bridgehead atoms. The summed E-state index contributed by atoms with van der Waals surface area (Å²) in [6, 6.07) is 5.66. The normalized spacial score (nSPS) is 18.4. The average molecular weight is 496 g/mol. The van der Waals surface area contributed by atoms with Gasteiger partial charge in [0, 0.05) is 48.6 Å². The molecule has 4 heterocycles. The van der Waals surface area contributed by atoms with Gasteiger partial charge < -0.3 is 25.3 Å². The lowest BCUT2D eigenvalue weighted by atomic mass is 9.98. The third-order valence-corrected chi connectivity index (χ3v) is 6.54. The second-order valence-corrected chi connectivity index (χ2v) is 8.93. The predicted molar refractivity (Wildman–Crippen MR) is 133 cm³/mol. The molecule has 2 fully saturated rings. The van der Waals surface area contributed by atoms with Gasteiger partial charge >= 0.3 is 0 Å². The summed E-state index contributed by atoms with van der Waals surface area (Å²) in [7, 11) is 0. The Balaban J connectivity index is 1.65. The number of rotatable bonds is 6. The molecule has 0 unspecified atom stereocenters. The highest BCUT2D eigenvalue weighted by molar-refractivity contribution is 5.98. The molecule has 5 rings (SSSR count). The molecule has 1 amide bonds. The quantitative estimate of drug-likeness (QED) is 0.442. The third kappa shape index (κ3) is 4.53. The maximum absolute atomic E-state index is 15.6. The fourth-order valence-electron chi connectivity index (χ4n) is 4.71. The van der Waals surface area contributed by atoms with Gasteiger partial charge in [-0.25, -0.2) is 13.8 Å². The van der Waals surface area contributed by atoms with Crippen molar-refractivity contribution in [3.05, 3.63) is 47.7 Å². The first-order chi connectivity index (χ1) is 17.5. The van der Waals surface area contributed by atoms with Crippen molar-refractivity contribution in [1.29, 1.82) is 5.41 Å². The number of carbonyl (C=O) groups is 1. The zero-order chi connectivity index (χ0) is 25.2. The van der Waals surface area contributed by atoms with E-state index in [0.29, 0.717) is 44.4 Å². The smallest absolute Gasteiger partial charge is 0.226 e. The van der Waals surface area contributed by atoms with Crippen LogP contribution in [0.25, 0.3) is 11.1 Å². The van der Waals surface area contributed by atoms with E-state index in [0.717, 1.165) is 19.1 Å². The second-order valence-electron chi connectivity index (χ2n) is 8.93. The number of benzene rings is 1. The van der Waals surface area contributed by atoms with Gasteiger partial charge in [-0.05, 0) is 38.0 Å². The Morgan fingerprint density at radius 1 is 1.22 bits per heavy atom. The summed E-state index contributed by atoms with van der Waals surface area (Å²) in [4.78, 5) is 20.5. The van der Waals surface area contributed by atoms with Gasteiger partial charge in [0.05, 0.1) is 31.0 Å². The highest BCUT2D eigenvalue weighted by Crippen LogP contribution is 2.38. The lowest BCUT2D eigenvalue weighted by molar-refractivity contribution is -0.119. The van der Waals surface area contributed by atoms with Crippen molar-refractivity contribution in [3.63, 3.8) is 0 Å². The molecule has 1 aromatic carbocycles. The van der Waals surface area contributed by atoms with E-state index in [2.05, 4.69) is 15.5 Å². The van der Waals surface area contributed by atoms with Crippen LogP contribution in [-0.4, -0.2) is 59.6 Å². The minimum Gasteiger partial charge on any atom is -0.377 e. The van der Waals surface area contributed by atoms with Crippen LogP contribution in [0.1, 0.15) is 31.7 Å². The number of pyridine rings is 1. The van der Waals surface area contributed by atoms with Crippen molar-refractivity contribution in [3.8, 4) is 11.1 Å². The second kappa shape index (κ2) is 10.0. The van der Waals surface area contributed by atoms with Crippen LogP contribution in [0.4, 0.5) is 31.9 Å². The number of H-pyrrole nitrogens is 1. The van der Waals surface area contributed by atoms with E-state index in [1.807, 2.05) is 11.8 Å². The fourth-order valence-corrected chi connectivity index (χ4v) is 4.71. The Bertz CT molecular complexity index is 1260. The number of amides is 1. The van der Waals surface area contributed by atoms with E-state index in [4.69, 9.17) is 15.1 Å². The number of morpholine rings is 1. The summed E-state index contributed by atoms with van der Waals surface area (Å²) in [5.41, 5.74) is 0.316. The van der Waals surface area contributed by atoms with Crippen LogP contribution in [0.3, 0.4) is 0 Å². The standard InChI is InChI=1S/C25H27F2N7O2/c1-15-14-36-9-8-33(15)22-12-17(18(13-28)25(31-22)30-21-5-6-29-32-21)24-19(26)10-16(11-20(24)27)34-7-3-2-4-23(34)35/h5-6,10-13,15,28H,2-4,7-9,14H2,1H3,(H2,29,30,31,32)/t15-/m1/s1. The van der Waals surface area contributed by atoms with Crippen molar-refractivity contribution in [1.82, 2.24) is 15.2 Å². The topological polar surface area (TPSA) is 110 Å². The van der Waals surface area contributed by atoms with E-state index in [-0.39, 0.29) is 40.1 Å². The molecule has 2 aromatic heterocycles. The molecule has 0 saturated carbocycles. The monoisotopic (exact) mass is 495 g/mol. The number of aromatic amines is 1. The Kier molecular flexibility index (Phi) is 6.64. The van der Waals surface area contributed by atoms with E-state index in [1.165, 1.54) is 17.0 Å². The summed E-state index contributed by atoms with van der Waals surface area (Å²) in [5, 5.41) is 17.8. The zero-order valence-electron chi connectivity index (χ0n) is 19.9. The number of halogens is 2. The van der Waals surface area contributed by atoms with E-state index in [9.17, 15) is 4.79 Å². The lowest BCUT2D eigenvalue weighted by Crippen LogP contribution is -2.44. The number of ether oxygens (including phenoxy) is 1. The van der Waals surface area contributed by atoms with Gasteiger partial charge in [0.15, 0.2) is 0 Å². The van der Waals surface area contributed by atoms with Crippen molar-refractivity contribution >= 4 is 35.3 Å². The van der Waals surface area contributed by atoms with Gasteiger partial charge in [-0.3, -0.25) is 9.89 Å². The first-order valence-corrected chi connectivity index (χ1v) is 11.9. The van der Waals surface area contributed by atoms with Crippen LogP contribution in [0.2, 0.25) is 0 Å². The Hall–Kier alpha value is -3.86. The number of hydrogen-bond acceptors (Lipinski definition) is 7. The molecule has 0 spiro atoms. The minimum atomic E-state index is -0.814. The van der Waals surface area contributed by atoms with Crippen LogP contribution in [0, 0.1) is 17.0 Å². The SMILES string of the molecule is C[C@@H]1COCCN1c1cc(-c2c(F)cc(N3CCCCC3=O)cc2F)c(C=N)c(Nc2ccn[nH]2)n1. The number of hydrogen-bond donors (Lipinski definition) is 3. The number of piperidine rings is 1. The summed E-state index contributed by atoms with van der Waals surface area (Å²) >= 11 is 0. The van der Waals surface area contributed by atoms with Crippen LogP contribution >= 0.6 is 0 Å². The first kappa shape index (κ1) is 23.9. The lowest BCUT2D eigenvalue weighted by Gasteiger charge is -2.35. The molecule has 2 aliphatic heterocycles. The number of carbonyl (C=O) groups excluding carboxylic acids is 1. The number of nitrogens with one attached hydrogen (secondary N) is 3. The Labute approximate surface area is 207 Å². The molecule has 2 saturated heterocycles. The number of aromatic nitrogens is 3. The van der Waals surface area contributed by atoms with Gasteiger partial charge in [-0.2, -0.15) is 5.10 Å². The van der Waals surface area contributed by atoms with Crippen molar-refractivity contribution in [2.75, 3.05) is 41.4 Å². The molecule has 2 aliphatic rings. The molecule has 188 valence electrons. The highest BCUT2D eigenvalue weighted by atomic mass is 19.1. The predicted octanol–water partition coefficient (Wildman–Crippen LogP) is 4.23.